The molecule has 0 aromatic heterocycles. The zero-order valence-electron chi connectivity index (χ0n) is 10.9. The van der Waals surface area contributed by atoms with Gasteiger partial charge in [-0.1, -0.05) is 40.0 Å². The molecule has 0 radical (unpaired) electrons. The van der Waals surface area contributed by atoms with E-state index in [1.165, 1.54) is 51.5 Å². The maximum atomic E-state index is 3.72. The molecule has 1 heteroatoms. The van der Waals surface area contributed by atoms with E-state index in [9.17, 15) is 0 Å². The number of rotatable bonds is 6. The Morgan fingerprint density at radius 1 is 0.933 bits per heavy atom. The SMILES string of the molecule is CCC1CCC(CNC(CC)CC)CC1. The van der Waals surface area contributed by atoms with Gasteiger partial charge in [-0.15, -0.1) is 0 Å². The van der Waals surface area contributed by atoms with E-state index < -0.39 is 0 Å². The van der Waals surface area contributed by atoms with Crippen molar-refractivity contribution in [2.75, 3.05) is 6.54 Å². The van der Waals surface area contributed by atoms with Crippen LogP contribution in [0.2, 0.25) is 0 Å². The summed E-state index contributed by atoms with van der Waals surface area (Å²) in [6, 6.07) is 0.758. The third-order valence-electron chi connectivity index (χ3n) is 4.22. The molecule has 0 spiro atoms. The van der Waals surface area contributed by atoms with Crippen LogP contribution in [-0.2, 0) is 0 Å². The van der Waals surface area contributed by atoms with Crippen LogP contribution in [0.25, 0.3) is 0 Å². The van der Waals surface area contributed by atoms with Gasteiger partial charge in [0.1, 0.15) is 0 Å². The highest BCUT2D eigenvalue weighted by atomic mass is 14.9. The normalized spacial score (nSPS) is 27.2. The molecule has 0 unspecified atom stereocenters. The second-order valence-electron chi connectivity index (χ2n) is 5.22. The summed E-state index contributed by atoms with van der Waals surface area (Å²) in [6.45, 7) is 8.18. The second kappa shape index (κ2) is 7.27. The monoisotopic (exact) mass is 211 g/mol. The summed E-state index contributed by atoms with van der Waals surface area (Å²) in [5.41, 5.74) is 0. The third-order valence-corrected chi connectivity index (χ3v) is 4.22. The first-order valence-electron chi connectivity index (χ1n) is 7.03. The molecule has 1 fully saturated rings. The lowest BCUT2D eigenvalue weighted by Crippen LogP contribution is -2.33. The zero-order chi connectivity index (χ0) is 11.1. The summed E-state index contributed by atoms with van der Waals surface area (Å²) in [4.78, 5) is 0. The van der Waals surface area contributed by atoms with Crippen molar-refractivity contribution in [1.82, 2.24) is 5.32 Å². The van der Waals surface area contributed by atoms with Gasteiger partial charge in [0, 0.05) is 6.04 Å². The van der Waals surface area contributed by atoms with E-state index in [4.69, 9.17) is 0 Å². The molecule has 1 aliphatic rings. The Kier molecular flexibility index (Phi) is 6.31. The summed E-state index contributed by atoms with van der Waals surface area (Å²) >= 11 is 0. The summed E-state index contributed by atoms with van der Waals surface area (Å²) < 4.78 is 0. The van der Waals surface area contributed by atoms with Gasteiger partial charge in [0.25, 0.3) is 0 Å². The Bertz CT molecular complexity index is 143. The molecule has 0 bridgehead atoms. The Morgan fingerprint density at radius 2 is 1.47 bits per heavy atom. The minimum atomic E-state index is 0.758. The highest BCUT2D eigenvalue weighted by Gasteiger charge is 2.20. The fraction of sp³-hybridized carbons (Fsp3) is 1.00. The van der Waals surface area contributed by atoms with E-state index in [-0.39, 0.29) is 0 Å². The molecule has 0 amide bonds. The minimum Gasteiger partial charge on any atom is -0.314 e. The molecule has 1 saturated carbocycles. The van der Waals surface area contributed by atoms with Gasteiger partial charge in [0.2, 0.25) is 0 Å². The van der Waals surface area contributed by atoms with Crippen LogP contribution < -0.4 is 5.32 Å². The summed E-state index contributed by atoms with van der Waals surface area (Å²) in [5.74, 6) is 2.00. The maximum Gasteiger partial charge on any atom is 0.00619 e. The Hall–Kier alpha value is -0.0400. The van der Waals surface area contributed by atoms with Gasteiger partial charge in [-0.2, -0.15) is 0 Å². The summed E-state index contributed by atoms with van der Waals surface area (Å²) in [5, 5.41) is 3.72. The first-order chi connectivity index (χ1) is 7.30. The van der Waals surface area contributed by atoms with Crippen molar-refractivity contribution in [3.05, 3.63) is 0 Å². The van der Waals surface area contributed by atoms with Gasteiger partial charge in [-0.3, -0.25) is 0 Å². The van der Waals surface area contributed by atoms with Gasteiger partial charge in [0.15, 0.2) is 0 Å². The van der Waals surface area contributed by atoms with Crippen molar-refractivity contribution in [2.24, 2.45) is 11.8 Å². The molecule has 0 aromatic rings. The molecule has 0 saturated heterocycles. The topological polar surface area (TPSA) is 12.0 Å². The van der Waals surface area contributed by atoms with Crippen molar-refractivity contribution >= 4 is 0 Å². The Morgan fingerprint density at radius 3 is 1.93 bits per heavy atom. The van der Waals surface area contributed by atoms with Crippen LogP contribution in [0.15, 0.2) is 0 Å². The highest BCUT2D eigenvalue weighted by Crippen LogP contribution is 2.30. The van der Waals surface area contributed by atoms with Gasteiger partial charge < -0.3 is 5.32 Å². The smallest absolute Gasteiger partial charge is 0.00619 e. The quantitative estimate of drug-likeness (QED) is 0.700. The summed E-state index contributed by atoms with van der Waals surface area (Å²) in [7, 11) is 0. The highest BCUT2D eigenvalue weighted by molar-refractivity contribution is 4.75. The lowest BCUT2D eigenvalue weighted by Gasteiger charge is -2.29. The number of hydrogen-bond acceptors (Lipinski definition) is 1. The van der Waals surface area contributed by atoms with Crippen LogP contribution in [0.1, 0.15) is 65.7 Å². The van der Waals surface area contributed by atoms with E-state index in [0.717, 1.165) is 17.9 Å². The predicted molar refractivity (Wildman–Crippen MR) is 68.1 cm³/mol. The third kappa shape index (κ3) is 4.55. The molecule has 0 aromatic carbocycles. The van der Waals surface area contributed by atoms with E-state index in [0.29, 0.717) is 0 Å². The van der Waals surface area contributed by atoms with Crippen LogP contribution in [0.5, 0.6) is 0 Å². The zero-order valence-corrected chi connectivity index (χ0v) is 10.9. The summed E-state index contributed by atoms with van der Waals surface area (Å²) in [6.07, 6.45) is 9.84. The molecule has 0 heterocycles. The standard InChI is InChI=1S/C14H29N/c1-4-12-7-9-13(10-8-12)11-15-14(5-2)6-3/h12-15H,4-11H2,1-3H3. The van der Waals surface area contributed by atoms with Crippen LogP contribution in [-0.4, -0.2) is 12.6 Å². The molecule has 1 rings (SSSR count). The van der Waals surface area contributed by atoms with Crippen molar-refractivity contribution < 1.29 is 0 Å². The van der Waals surface area contributed by atoms with Crippen molar-refractivity contribution in [3.63, 3.8) is 0 Å². The average molecular weight is 211 g/mol. The lowest BCUT2D eigenvalue weighted by molar-refractivity contribution is 0.255. The Labute approximate surface area is 96.0 Å². The van der Waals surface area contributed by atoms with Crippen LogP contribution in [0.4, 0.5) is 0 Å². The van der Waals surface area contributed by atoms with Gasteiger partial charge >= 0.3 is 0 Å². The molecule has 0 aliphatic heterocycles. The predicted octanol–water partition coefficient (Wildman–Crippen LogP) is 3.98. The van der Waals surface area contributed by atoms with Crippen molar-refractivity contribution in [1.29, 1.82) is 0 Å². The molecule has 1 N–H and O–H groups in total. The molecule has 0 atom stereocenters. The van der Waals surface area contributed by atoms with Crippen molar-refractivity contribution in [2.45, 2.75) is 71.8 Å². The number of nitrogens with one attached hydrogen (secondary N) is 1. The van der Waals surface area contributed by atoms with Crippen LogP contribution in [0, 0.1) is 11.8 Å². The van der Waals surface area contributed by atoms with Gasteiger partial charge in [0.05, 0.1) is 0 Å². The number of hydrogen-bond donors (Lipinski definition) is 1. The fourth-order valence-corrected chi connectivity index (χ4v) is 2.75. The van der Waals surface area contributed by atoms with Crippen LogP contribution >= 0.6 is 0 Å². The molecule has 1 nitrogen and oxygen atoms in total. The molecular formula is C14H29N. The average Bonchev–Trinajstić information content (AvgIpc) is 2.31. The van der Waals surface area contributed by atoms with E-state index >= 15 is 0 Å². The molecule has 15 heavy (non-hydrogen) atoms. The fourth-order valence-electron chi connectivity index (χ4n) is 2.75. The van der Waals surface area contributed by atoms with E-state index in [2.05, 4.69) is 26.1 Å². The van der Waals surface area contributed by atoms with Gasteiger partial charge in [-0.25, -0.2) is 0 Å². The first kappa shape index (κ1) is 13.0. The maximum absolute atomic E-state index is 3.72. The second-order valence-corrected chi connectivity index (χ2v) is 5.22. The minimum absolute atomic E-state index is 0.758. The molecule has 1 aliphatic carbocycles. The van der Waals surface area contributed by atoms with E-state index in [1.807, 2.05) is 0 Å². The van der Waals surface area contributed by atoms with E-state index in [1.54, 1.807) is 0 Å². The lowest BCUT2D eigenvalue weighted by atomic mass is 9.81. The van der Waals surface area contributed by atoms with Gasteiger partial charge in [-0.05, 0) is 44.1 Å². The molecular weight excluding hydrogens is 182 g/mol. The van der Waals surface area contributed by atoms with Crippen molar-refractivity contribution in [3.8, 4) is 0 Å². The Balaban J connectivity index is 2.12. The first-order valence-corrected chi connectivity index (χ1v) is 7.03. The van der Waals surface area contributed by atoms with Crippen LogP contribution in [0.3, 0.4) is 0 Å². The largest absolute Gasteiger partial charge is 0.314 e. The molecule has 90 valence electrons.